The average molecular weight is 344 g/mol. The quantitative estimate of drug-likeness (QED) is 0.830. The number of benzene rings is 1. The molecule has 3 nitrogen and oxygen atoms in total. The zero-order valence-corrected chi connectivity index (χ0v) is 13.7. The molecule has 2 atom stereocenters. The number of nitrogens with zero attached hydrogens (tertiary/aromatic N) is 1. The van der Waals surface area contributed by atoms with E-state index in [1.807, 2.05) is 13.8 Å². The largest absolute Gasteiger partial charge is 0.416 e. The highest BCUT2D eigenvalue weighted by Crippen LogP contribution is 2.30. The molecule has 2 unspecified atom stereocenters. The molecule has 0 saturated carbocycles. The third-order valence-electron chi connectivity index (χ3n) is 3.61. The SMILES string of the molecule is CCC(NCc1cnc(C)s1)C(O)c1ccc(C(F)(F)F)cc1. The predicted octanol–water partition coefficient (Wildman–Crippen LogP) is 4.07. The van der Waals surface area contributed by atoms with Crippen LogP contribution in [-0.2, 0) is 12.7 Å². The molecule has 23 heavy (non-hydrogen) atoms. The summed E-state index contributed by atoms with van der Waals surface area (Å²) in [5.41, 5.74) is -0.243. The molecule has 7 heteroatoms. The van der Waals surface area contributed by atoms with Crippen molar-refractivity contribution < 1.29 is 18.3 Å². The van der Waals surface area contributed by atoms with Gasteiger partial charge in [0.05, 0.1) is 16.7 Å². The molecule has 2 aromatic rings. The lowest BCUT2D eigenvalue weighted by Crippen LogP contribution is -2.33. The van der Waals surface area contributed by atoms with E-state index in [4.69, 9.17) is 0 Å². The van der Waals surface area contributed by atoms with Gasteiger partial charge in [0.25, 0.3) is 0 Å². The third kappa shape index (κ3) is 4.76. The van der Waals surface area contributed by atoms with Gasteiger partial charge in [-0.05, 0) is 31.0 Å². The Morgan fingerprint density at radius 2 is 1.91 bits per heavy atom. The molecule has 0 spiro atoms. The van der Waals surface area contributed by atoms with E-state index >= 15 is 0 Å². The predicted molar refractivity (Wildman–Crippen MR) is 84.2 cm³/mol. The second-order valence-electron chi connectivity index (χ2n) is 5.31. The highest BCUT2D eigenvalue weighted by Gasteiger charge is 2.30. The van der Waals surface area contributed by atoms with E-state index in [9.17, 15) is 18.3 Å². The second kappa shape index (κ2) is 7.42. The van der Waals surface area contributed by atoms with Crippen molar-refractivity contribution in [3.8, 4) is 0 Å². The van der Waals surface area contributed by atoms with Crippen LogP contribution in [0.1, 0.15) is 40.5 Å². The Morgan fingerprint density at radius 3 is 2.39 bits per heavy atom. The number of aliphatic hydroxyl groups excluding tert-OH is 1. The maximum Gasteiger partial charge on any atom is 0.416 e. The molecule has 0 aliphatic heterocycles. The van der Waals surface area contributed by atoms with Crippen LogP contribution in [0.15, 0.2) is 30.5 Å². The van der Waals surface area contributed by atoms with Gasteiger partial charge in [-0.15, -0.1) is 11.3 Å². The smallest absolute Gasteiger partial charge is 0.387 e. The van der Waals surface area contributed by atoms with Crippen molar-refractivity contribution in [1.82, 2.24) is 10.3 Å². The molecule has 0 bridgehead atoms. The number of rotatable bonds is 6. The molecule has 0 fully saturated rings. The molecule has 0 aliphatic carbocycles. The topological polar surface area (TPSA) is 45.2 Å². The molecule has 126 valence electrons. The molecule has 1 aromatic carbocycles. The van der Waals surface area contributed by atoms with E-state index < -0.39 is 17.8 Å². The van der Waals surface area contributed by atoms with Crippen LogP contribution in [0.4, 0.5) is 13.2 Å². The van der Waals surface area contributed by atoms with Gasteiger partial charge in [-0.25, -0.2) is 4.98 Å². The van der Waals surface area contributed by atoms with Gasteiger partial charge in [0, 0.05) is 23.7 Å². The number of aromatic nitrogens is 1. The summed E-state index contributed by atoms with van der Waals surface area (Å²) < 4.78 is 37.7. The zero-order valence-electron chi connectivity index (χ0n) is 12.9. The van der Waals surface area contributed by atoms with Crippen molar-refractivity contribution in [1.29, 1.82) is 0 Å². The van der Waals surface area contributed by atoms with E-state index in [1.54, 1.807) is 17.5 Å². The van der Waals surface area contributed by atoms with Crippen LogP contribution < -0.4 is 5.32 Å². The van der Waals surface area contributed by atoms with Crippen molar-refractivity contribution in [2.45, 2.75) is 45.1 Å². The van der Waals surface area contributed by atoms with Crippen LogP contribution in [0.25, 0.3) is 0 Å². The third-order valence-corrected chi connectivity index (χ3v) is 4.52. The number of halogens is 3. The Bertz CT molecular complexity index is 625. The Hall–Kier alpha value is -1.44. The first kappa shape index (κ1) is 17.9. The number of hydrogen-bond donors (Lipinski definition) is 2. The zero-order chi connectivity index (χ0) is 17.0. The van der Waals surface area contributed by atoms with Crippen LogP contribution in [0.5, 0.6) is 0 Å². The lowest BCUT2D eigenvalue weighted by atomic mass is 9.99. The fraction of sp³-hybridized carbons (Fsp3) is 0.438. The molecule has 2 N–H and O–H groups in total. The fourth-order valence-electron chi connectivity index (χ4n) is 2.30. The van der Waals surface area contributed by atoms with Crippen molar-refractivity contribution >= 4 is 11.3 Å². The second-order valence-corrected chi connectivity index (χ2v) is 6.63. The monoisotopic (exact) mass is 344 g/mol. The van der Waals surface area contributed by atoms with E-state index in [2.05, 4.69) is 10.3 Å². The van der Waals surface area contributed by atoms with E-state index in [-0.39, 0.29) is 6.04 Å². The fourth-order valence-corrected chi connectivity index (χ4v) is 3.05. The van der Waals surface area contributed by atoms with Crippen molar-refractivity contribution in [2.75, 3.05) is 0 Å². The lowest BCUT2D eigenvalue weighted by Gasteiger charge is -2.23. The maximum atomic E-state index is 12.6. The molecular formula is C16H19F3N2OS. The molecule has 0 aliphatic rings. The summed E-state index contributed by atoms with van der Waals surface area (Å²) in [6, 6.07) is 4.41. The van der Waals surface area contributed by atoms with Gasteiger partial charge in [0.15, 0.2) is 0 Å². The lowest BCUT2D eigenvalue weighted by molar-refractivity contribution is -0.137. The Morgan fingerprint density at radius 1 is 1.26 bits per heavy atom. The number of aryl methyl sites for hydroxylation is 1. The highest BCUT2D eigenvalue weighted by atomic mass is 32.1. The normalized spacial score (nSPS) is 14.7. The number of alkyl halides is 3. The summed E-state index contributed by atoms with van der Waals surface area (Å²) >= 11 is 1.57. The minimum absolute atomic E-state index is 0.242. The van der Waals surface area contributed by atoms with Crippen LogP contribution >= 0.6 is 11.3 Å². The first-order valence-electron chi connectivity index (χ1n) is 7.31. The average Bonchev–Trinajstić information content (AvgIpc) is 2.92. The molecular weight excluding hydrogens is 325 g/mol. The molecule has 0 amide bonds. The highest BCUT2D eigenvalue weighted by molar-refractivity contribution is 7.11. The van der Waals surface area contributed by atoms with Gasteiger partial charge in [-0.2, -0.15) is 13.2 Å². The Labute approximate surface area is 137 Å². The summed E-state index contributed by atoms with van der Waals surface area (Å²) in [6.45, 7) is 4.41. The van der Waals surface area contributed by atoms with Crippen LogP contribution in [-0.4, -0.2) is 16.1 Å². The van der Waals surface area contributed by atoms with Crippen LogP contribution in [0.2, 0.25) is 0 Å². The van der Waals surface area contributed by atoms with E-state index in [0.29, 0.717) is 18.5 Å². The molecule has 1 heterocycles. The first-order valence-corrected chi connectivity index (χ1v) is 8.12. The van der Waals surface area contributed by atoms with Gasteiger partial charge in [0.2, 0.25) is 0 Å². The van der Waals surface area contributed by atoms with Gasteiger partial charge in [-0.3, -0.25) is 0 Å². The maximum absolute atomic E-state index is 12.6. The van der Waals surface area contributed by atoms with Crippen molar-refractivity contribution in [2.24, 2.45) is 0 Å². The summed E-state index contributed by atoms with van der Waals surface area (Å²) in [7, 11) is 0. The summed E-state index contributed by atoms with van der Waals surface area (Å²) in [4.78, 5) is 5.22. The van der Waals surface area contributed by atoms with Gasteiger partial charge < -0.3 is 10.4 Å². The van der Waals surface area contributed by atoms with Gasteiger partial charge in [0.1, 0.15) is 0 Å². The molecule has 2 rings (SSSR count). The molecule has 0 radical (unpaired) electrons. The van der Waals surface area contributed by atoms with Crippen LogP contribution in [0, 0.1) is 6.92 Å². The Kier molecular flexibility index (Phi) is 5.78. The first-order chi connectivity index (χ1) is 10.8. The van der Waals surface area contributed by atoms with E-state index in [1.165, 1.54) is 12.1 Å². The number of aliphatic hydroxyl groups is 1. The van der Waals surface area contributed by atoms with Crippen LogP contribution in [0.3, 0.4) is 0 Å². The minimum Gasteiger partial charge on any atom is -0.387 e. The van der Waals surface area contributed by atoms with Crippen molar-refractivity contribution in [3.05, 3.63) is 51.5 Å². The number of thiazole rings is 1. The van der Waals surface area contributed by atoms with E-state index in [0.717, 1.165) is 22.0 Å². The van der Waals surface area contributed by atoms with Crippen molar-refractivity contribution in [3.63, 3.8) is 0 Å². The Balaban J connectivity index is 2.02. The summed E-state index contributed by atoms with van der Waals surface area (Å²) in [5, 5.41) is 14.6. The molecule has 1 aromatic heterocycles. The number of hydrogen-bond acceptors (Lipinski definition) is 4. The summed E-state index contributed by atoms with van der Waals surface area (Å²) in [6.07, 6.45) is -2.79. The van der Waals surface area contributed by atoms with Gasteiger partial charge >= 0.3 is 6.18 Å². The van der Waals surface area contributed by atoms with Gasteiger partial charge in [-0.1, -0.05) is 19.1 Å². The standard InChI is InChI=1S/C16H19F3N2OS/c1-3-14(21-9-13-8-20-10(2)23-13)15(22)11-4-6-12(7-5-11)16(17,18)19/h4-8,14-15,21-22H,3,9H2,1-2H3. The minimum atomic E-state index is -4.37. The molecule has 0 saturated heterocycles. The summed E-state index contributed by atoms with van der Waals surface area (Å²) in [5.74, 6) is 0. The number of nitrogens with one attached hydrogen (secondary N) is 1.